The first-order valence-electron chi connectivity index (χ1n) is 8.74. The third-order valence-corrected chi connectivity index (χ3v) is 4.41. The summed E-state index contributed by atoms with van der Waals surface area (Å²) in [5.41, 5.74) is 2.09. The van der Waals surface area contributed by atoms with Gasteiger partial charge in [-0.2, -0.15) is 4.98 Å². The van der Waals surface area contributed by atoms with Crippen molar-refractivity contribution in [2.45, 2.75) is 18.9 Å². The number of anilines is 1. The van der Waals surface area contributed by atoms with Crippen molar-refractivity contribution in [1.82, 2.24) is 10.1 Å². The SMILES string of the molecule is COc1ccc(-c2noc(-c3ccccc3NC(=O)C3CCCO3)n2)cc1. The van der Waals surface area contributed by atoms with E-state index in [1.54, 1.807) is 13.2 Å². The Labute approximate surface area is 156 Å². The maximum atomic E-state index is 12.4. The quantitative estimate of drug-likeness (QED) is 0.744. The predicted octanol–water partition coefficient (Wildman–Crippen LogP) is 3.53. The highest BCUT2D eigenvalue weighted by Gasteiger charge is 2.25. The molecule has 0 radical (unpaired) electrons. The van der Waals surface area contributed by atoms with Gasteiger partial charge in [-0.3, -0.25) is 4.79 Å². The molecule has 1 aromatic heterocycles. The van der Waals surface area contributed by atoms with Crippen molar-refractivity contribution < 1.29 is 18.8 Å². The van der Waals surface area contributed by atoms with Gasteiger partial charge in [0.15, 0.2) is 0 Å². The van der Waals surface area contributed by atoms with Crippen LogP contribution < -0.4 is 10.1 Å². The van der Waals surface area contributed by atoms with Crippen molar-refractivity contribution >= 4 is 11.6 Å². The van der Waals surface area contributed by atoms with Crippen LogP contribution in [0.3, 0.4) is 0 Å². The van der Waals surface area contributed by atoms with Gasteiger partial charge in [0.2, 0.25) is 5.82 Å². The third kappa shape index (κ3) is 3.68. The molecule has 1 N–H and O–H groups in total. The highest BCUT2D eigenvalue weighted by atomic mass is 16.5. The number of methoxy groups -OCH3 is 1. The van der Waals surface area contributed by atoms with Gasteiger partial charge < -0.3 is 19.3 Å². The fourth-order valence-electron chi connectivity index (χ4n) is 2.97. The second-order valence-electron chi connectivity index (χ2n) is 6.19. The summed E-state index contributed by atoms with van der Waals surface area (Å²) in [7, 11) is 1.61. The zero-order chi connectivity index (χ0) is 18.6. The first-order chi connectivity index (χ1) is 13.2. The molecule has 3 aromatic rings. The van der Waals surface area contributed by atoms with E-state index in [4.69, 9.17) is 14.0 Å². The zero-order valence-electron chi connectivity index (χ0n) is 14.8. The highest BCUT2D eigenvalue weighted by Crippen LogP contribution is 2.29. The smallest absolute Gasteiger partial charge is 0.260 e. The van der Waals surface area contributed by atoms with Crippen LogP contribution in [0, 0.1) is 0 Å². The Morgan fingerprint density at radius 2 is 2.00 bits per heavy atom. The number of carbonyl (C=O) groups is 1. The molecule has 0 saturated carbocycles. The number of nitrogens with zero attached hydrogens (tertiary/aromatic N) is 2. The number of ether oxygens (including phenoxy) is 2. The fraction of sp³-hybridized carbons (Fsp3) is 0.250. The number of amides is 1. The summed E-state index contributed by atoms with van der Waals surface area (Å²) in [5, 5.41) is 6.96. The van der Waals surface area contributed by atoms with Gasteiger partial charge >= 0.3 is 0 Å². The molecular formula is C20H19N3O4. The Bertz CT molecular complexity index is 930. The van der Waals surface area contributed by atoms with E-state index in [-0.39, 0.29) is 5.91 Å². The van der Waals surface area contributed by atoms with E-state index in [2.05, 4.69) is 15.5 Å². The van der Waals surface area contributed by atoms with Gasteiger partial charge in [-0.05, 0) is 49.2 Å². The molecule has 1 aliphatic rings. The van der Waals surface area contributed by atoms with Crippen LogP contribution in [0.1, 0.15) is 12.8 Å². The van der Waals surface area contributed by atoms with Crippen LogP contribution in [0.5, 0.6) is 5.75 Å². The largest absolute Gasteiger partial charge is 0.497 e. The molecule has 2 heterocycles. The maximum absolute atomic E-state index is 12.4. The molecule has 1 fully saturated rings. The topological polar surface area (TPSA) is 86.5 Å². The number of aromatic nitrogens is 2. The molecule has 138 valence electrons. The molecule has 2 aromatic carbocycles. The van der Waals surface area contributed by atoms with Crippen LogP contribution in [0.15, 0.2) is 53.1 Å². The Morgan fingerprint density at radius 1 is 1.19 bits per heavy atom. The van der Waals surface area contributed by atoms with Crippen LogP contribution >= 0.6 is 0 Å². The van der Waals surface area contributed by atoms with Gasteiger partial charge in [0.1, 0.15) is 11.9 Å². The van der Waals surface area contributed by atoms with Gasteiger partial charge in [-0.1, -0.05) is 17.3 Å². The zero-order valence-corrected chi connectivity index (χ0v) is 14.8. The van der Waals surface area contributed by atoms with Gasteiger partial charge in [0.25, 0.3) is 11.8 Å². The molecular weight excluding hydrogens is 346 g/mol. The number of hydrogen-bond acceptors (Lipinski definition) is 6. The second-order valence-corrected chi connectivity index (χ2v) is 6.19. The minimum atomic E-state index is -0.407. The molecule has 7 heteroatoms. The summed E-state index contributed by atoms with van der Waals surface area (Å²) in [4.78, 5) is 16.8. The van der Waals surface area contributed by atoms with Crippen molar-refractivity contribution in [2.24, 2.45) is 0 Å². The van der Waals surface area contributed by atoms with Crippen molar-refractivity contribution in [1.29, 1.82) is 0 Å². The number of rotatable bonds is 5. The van der Waals surface area contributed by atoms with Gasteiger partial charge in [-0.15, -0.1) is 0 Å². The van der Waals surface area contributed by atoms with E-state index in [1.165, 1.54) is 0 Å². The summed E-state index contributed by atoms with van der Waals surface area (Å²) in [5.74, 6) is 1.40. The van der Waals surface area contributed by atoms with Crippen molar-refractivity contribution in [2.75, 3.05) is 19.0 Å². The summed E-state index contributed by atoms with van der Waals surface area (Å²) in [6.07, 6.45) is 1.22. The van der Waals surface area contributed by atoms with Crippen LogP contribution in [0.2, 0.25) is 0 Å². The first kappa shape index (κ1) is 17.2. The lowest BCUT2D eigenvalue weighted by Gasteiger charge is -2.12. The van der Waals surface area contributed by atoms with Crippen molar-refractivity contribution in [3.63, 3.8) is 0 Å². The highest BCUT2D eigenvalue weighted by molar-refractivity contribution is 5.97. The monoisotopic (exact) mass is 365 g/mol. The van der Waals surface area contributed by atoms with E-state index >= 15 is 0 Å². The van der Waals surface area contributed by atoms with Crippen LogP contribution in [-0.4, -0.2) is 35.9 Å². The average Bonchev–Trinajstić information content (AvgIpc) is 3.41. The molecule has 1 atom stereocenters. The second kappa shape index (κ2) is 7.59. The van der Waals surface area contributed by atoms with E-state index < -0.39 is 6.10 Å². The molecule has 0 spiro atoms. The predicted molar refractivity (Wildman–Crippen MR) is 99.3 cm³/mol. The third-order valence-electron chi connectivity index (χ3n) is 4.41. The Kier molecular flexibility index (Phi) is 4.84. The van der Waals surface area contributed by atoms with Crippen molar-refractivity contribution in [3.05, 3.63) is 48.5 Å². The minimum Gasteiger partial charge on any atom is -0.497 e. The molecule has 0 bridgehead atoms. The summed E-state index contributed by atoms with van der Waals surface area (Å²) < 4.78 is 16.0. The normalized spacial score (nSPS) is 16.3. The number of nitrogens with one attached hydrogen (secondary N) is 1. The van der Waals surface area contributed by atoms with E-state index in [9.17, 15) is 4.79 Å². The molecule has 7 nitrogen and oxygen atoms in total. The molecule has 1 saturated heterocycles. The molecule has 1 amide bonds. The Hall–Kier alpha value is -3.19. The van der Waals surface area contributed by atoms with E-state index in [0.29, 0.717) is 29.6 Å². The average molecular weight is 365 g/mol. The van der Waals surface area contributed by atoms with E-state index in [0.717, 1.165) is 24.2 Å². The first-order valence-corrected chi connectivity index (χ1v) is 8.74. The molecule has 1 unspecified atom stereocenters. The number of para-hydroxylation sites is 1. The van der Waals surface area contributed by atoms with Gasteiger partial charge in [0.05, 0.1) is 18.4 Å². The lowest BCUT2D eigenvalue weighted by molar-refractivity contribution is -0.124. The molecule has 1 aliphatic heterocycles. The number of hydrogen-bond donors (Lipinski definition) is 1. The standard InChI is InChI=1S/C20H19N3O4/c1-25-14-10-8-13(9-11-14)18-22-20(27-23-18)15-5-2-3-6-16(15)21-19(24)17-7-4-12-26-17/h2-3,5-6,8-11,17H,4,7,12H2,1H3,(H,21,24). The van der Waals surface area contributed by atoms with Crippen LogP contribution in [0.25, 0.3) is 22.8 Å². The molecule has 27 heavy (non-hydrogen) atoms. The van der Waals surface area contributed by atoms with Gasteiger partial charge in [0, 0.05) is 12.2 Å². The fourth-order valence-corrected chi connectivity index (χ4v) is 2.97. The molecule has 4 rings (SSSR count). The van der Waals surface area contributed by atoms with Gasteiger partial charge in [-0.25, -0.2) is 0 Å². The number of carbonyl (C=O) groups excluding carboxylic acids is 1. The Balaban J connectivity index is 1.58. The summed E-state index contributed by atoms with van der Waals surface area (Å²) >= 11 is 0. The minimum absolute atomic E-state index is 0.158. The Morgan fingerprint density at radius 3 is 2.74 bits per heavy atom. The van der Waals surface area contributed by atoms with E-state index in [1.807, 2.05) is 42.5 Å². The van der Waals surface area contributed by atoms with Crippen molar-refractivity contribution in [3.8, 4) is 28.6 Å². The van der Waals surface area contributed by atoms with Crippen LogP contribution in [-0.2, 0) is 9.53 Å². The summed E-state index contributed by atoms with van der Waals surface area (Å²) in [6.45, 7) is 0.620. The summed E-state index contributed by atoms with van der Waals surface area (Å²) in [6, 6.07) is 14.7. The number of benzene rings is 2. The lowest BCUT2D eigenvalue weighted by Crippen LogP contribution is -2.27. The maximum Gasteiger partial charge on any atom is 0.260 e. The lowest BCUT2D eigenvalue weighted by atomic mass is 10.1. The van der Waals surface area contributed by atoms with Crippen LogP contribution in [0.4, 0.5) is 5.69 Å². The molecule has 0 aliphatic carbocycles.